The molecule has 0 saturated carbocycles. The zero-order valence-electron chi connectivity index (χ0n) is 12.8. The van der Waals surface area contributed by atoms with Crippen molar-refractivity contribution < 1.29 is 17.6 Å². The van der Waals surface area contributed by atoms with Crippen LogP contribution in [-0.4, -0.2) is 20.6 Å². The van der Waals surface area contributed by atoms with Gasteiger partial charge in [-0.05, 0) is 29.8 Å². The van der Waals surface area contributed by atoms with Gasteiger partial charge in [0.2, 0.25) is 15.9 Å². The predicted octanol–water partition coefficient (Wildman–Crippen LogP) is 3.10. The number of amides is 1. The number of nitrogens with one attached hydrogen (secondary N) is 2. The smallest absolute Gasteiger partial charge is 0.226 e. The molecule has 0 heterocycles. The molecule has 2 N–H and O–H groups in total. The molecule has 1 atom stereocenters. The van der Waals surface area contributed by atoms with Crippen LogP contribution in [-0.2, 0) is 14.8 Å². The van der Waals surface area contributed by atoms with Crippen LogP contribution >= 0.6 is 11.6 Å². The highest BCUT2D eigenvalue weighted by Gasteiger charge is 2.20. The normalized spacial score (nSPS) is 12.6. The number of rotatable bonds is 6. The molecule has 0 aliphatic rings. The Balaban J connectivity index is 2.17. The summed E-state index contributed by atoms with van der Waals surface area (Å²) in [4.78, 5) is 12.2. The molecule has 8 heteroatoms. The summed E-state index contributed by atoms with van der Waals surface area (Å²) in [6.07, 6.45) is 0.833. The quantitative estimate of drug-likeness (QED) is 0.820. The van der Waals surface area contributed by atoms with Gasteiger partial charge in [-0.15, -0.1) is 0 Å². The van der Waals surface area contributed by atoms with Crippen LogP contribution in [0, 0.1) is 5.82 Å². The number of benzene rings is 2. The maximum Gasteiger partial charge on any atom is 0.226 e. The van der Waals surface area contributed by atoms with Crippen LogP contribution in [0.25, 0.3) is 0 Å². The van der Waals surface area contributed by atoms with E-state index in [4.69, 9.17) is 11.6 Å². The lowest BCUT2D eigenvalue weighted by Crippen LogP contribution is -2.30. The molecule has 5 nitrogen and oxygen atoms in total. The summed E-state index contributed by atoms with van der Waals surface area (Å²) in [6.45, 7) is 0. The van der Waals surface area contributed by atoms with Gasteiger partial charge in [0.05, 0.1) is 23.0 Å². The molecule has 2 rings (SSSR count). The molecule has 1 amide bonds. The molecule has 0 aliphatic heterocycles. The highest BCUT2D eigenvalue weighted by Crippen LogP contribution is 2.23. The summed E-state index contributed by atoms with van der Waals surface area (Å²) in [5.41, 5.74) is 0.914. The highest BCUT2D eigenvalue weighted by atomic mass is 35.5. The van der Waals surface area contributed by atoms with E-state index in [2.05, 4.69) is 10.0 Å². The van der Waals surface area contributed by atoms with Gasteiger partial charge in [-0.25, -0.2) is 17.5 Å². The van der Waals surface area contributed by atoms with Gasteiger partial charge in [-0.1, -0.05) is 35.9 Å². The minimum atomic E-state index is -3.56. The first-order chi connectivity index (χ1) is 11.2. The number of halogens is 2. The Hall–Kier alpha value is -1.96. The first-order valence-corrected chi connectivity index (χ1v) is 9.29. The molecule has 0 bridgehead atoms. The monoisotopic (exact) mass is 370 g/mol. The van der Waals surface area contributed by atoms with Gasteiger partial charge in [-0.3, -0.25) is 4.79 Å². The zero-order chi connectivity index (χ0) is 17.7. The third kappa shape index (κ3) is 5.59. The maximum absolute atomic E-state index is 13.0. The number of para-hydroxylation sites is 1. The number of carbonyl (C=O) groups is 1. The molecular formula is C16H16ClFN2O3S. The minimum absolute atomic E-state index is 0.163. The summed E-state index contributed by atoms with van der Waals surface area (Å²) in [6, 6.07) is 11.2. The van der Waals surface area contributed by atoms with E-state index in [0.717, 1.165) is 6.26 Å². The van der Waals surface area contributed by atoms with Gasteiger partial charge < -0.3 is 5.32 Å². The van der Waals surface area contributed by atoms with E-state index in [1.165, 1.54) is 24.3 Å². The number of sulfonamides is 1. The van der Waals surface area contributed by atoms with Crippen molar-refractivity contribution in [1.82, 2.24) is 4.72 Å². The molecule has 0 fully saturated rings. The average Bonchev–Trinajstić information content (AvgIpc) is 2.48. The molecule has 2 aromatic rings. The molecule has 2 aromatic carbocycles. The van der Waals surface area contributed by atoms with Gasteiger partial charge >= 0.3 is 0 Å². The van der Waals surface area contributed by atoms with E-state index in [1.54, 1.807) is 24.3 Å². The molecule has 0 saturated heterocycles. The first-order valence-electron chi connectivity index (χ1n) is 7.02. The zero-order valence-corrected chi connectivity index (χ0v) is 14.4. The molecule has 24 heavy (non-hydrogen) atoms. The Labute approximate surface area is 144 Å². The molecule has 0 radical (unpaired) electrons. The van der Waals surface area contributed by atoms with Crippen molar-refractivity contribution in [2.75, 3.05) is 11.6 Å². The van der Waals surface area contributed by atoms with Crippen LogP contribution in [0.5, 0.6) is 0 Å². The van der Waals surface area contributed by atoms with E-state index in [9.17, 15) is 17.6 Å². The Morgan fingerprint density at radius 3 is 2.38 bits per heavy atom. The maximum atomic E-state index is 13.0. The Bertz CT molecular complexity index is 825. The summed E-state index contributed by atoms with van der Waals surface area (Å²) in [7, 11) is -3.56. The predicted molar refractivity (Wildman–Crippen MR) is 91.8 cm³/mol. The Morgan fingerprint density at radius 2 is 1.79 bits per heavy atom. The van der Waals surface area contributed by atoms with E-state index in [0.29, 0.717) is 16.3 Å². The SMILES string of the molecule is CS(=O)(=O)N[C@@H](CC(=O)Nc1ccccc1Cl)c1ccc(F)cc1. The van der Waals surface area contributed by atoms with Crippen LogP contribution in [0.2, 0.25) is 5.02 Å². The molecule has 0 spiro atoms. The third-order valence-corrected chi connectivity index (χ3v) is 4.21. The van der Waals surface area contributed by atoms with Crippen molar-refractivity contribution in [3.05, 3.63) is 64.9 Å². The highest BCUT2D eigenvalue weighted by molar-refractivity contribution is 7.88. The van der Waals surface area contributed by atoms with Crippen molar-refractivity contribution in [1.29, 1.82) is 0 Å². The largest absolute Gasteiger partial charge is 0.325 e. The fraction of sp³-hybridized carbons (Fsp3) is 0.188. The fourth-order valence-electron chi connectivity index (χ4n) is 2.13. The molecule has 128 valence electrons. The fourth-order valence-corrected chi connectivity index (χ4v) is 3.05. The van der Waals surface area contributed by atoms with Crippen molar-refractivity contribution in [2.24, 2.45) is 0 Å². The van der Waals surface area contributed by atoms with Crippen LogP contribution < -0.4 is 10.0 Å². The topological polar surface area (TPSA) is 75.3 Å². The van der Waals surface area contributed by atoms with Gasteiger partial charge in [-0.2, -0.15) is 0 Å². The van der Waals surface area contributed by atoms with Crippen molar-refractivity contribution >= 4 is 33.2 Å². The summed E-state index contributed by atoms with van der Waals surface area (Å²) >= 11 is 5.98. The molecule has 0 unspecified atom stereocenters. The van der Waals surface area contributed by atoms with Gasteiger partial charge in [0.25, 0.3) is 0 Å². The van der Waals surface area contributed by atoms with Crippen molar-refractivity contribution in [3.8, 4) is 0 Å². The van der Waals surface area contributed by atoms with Crippen LogP contribution in [0.1, 0.15) is 18.0 Å². The number of hydrogen-bond donors (Lipinski definition) is 2. The number of anilines is 1. The van der Waals surface area contributed by atoms with Crippen LogP contribution in [0.4, 0.5) is 10.1 Å². The standard InChI is InChI=1S/C16H16ClFN2O3S/c1-24(22,23)20-15(11-6-8-12(18)9-7-11)10-16(21)19-14-5-3-2-4-13(14)17/h2-9,15,20H,10H2,1H3,(H,19,21)/t15-/m0/s1. The van der Waals surface area contributed by atoms with Gasteiger partial charge in [0.1, 0.15) is 5.82 Å². The van der Waals surface area contributed by atoms with E-state index < -0.39 is 27.8 Å². The Kier molecular flexibility index (Phi) is 5.93. The molecular weight excluding hydrogens is 355 g/mol. The minimum Gasteiger partial charge on any atom is -0.325 e. The van der Waals surface area contributed by atoms with Crippen molar-refractivity contribution in [2.45, 2.75) is 12.5 Å². The first kappa shape index (κ1) is 18.4. The number of hydrogen-bond acceptors (Lipinski definition) is 3. The molecule has 0 aliphatic carbocycles. The number of carbonyl (C=O) groups excluding carboxylic acids is 1. The second-order valence-corrected chi connectivity index (χ2v) is 7.41. The Morgan fingerprint density at radius 1 is 1.17 bits per heavy atom. The van der Waals surface area contributed by atoms with Gasteiger partial charge in [0.15, 0.2) is 0 Å². The molecule has 0 aromatic heterocycles. The lowest BCUT2D eigenvalue weighted by Gasteiger charge is -2.18. The van der Waals surface area contributed by atoms with Crippen molar-refractivity contribution in [3.63, 3.8) is 0 Å². The van der Waals surface area contributed by atoms with Crippen LogP contribution in [0.15, 0.2) is 48.5 Å². The van der Waals surface area contributed by atoms with E-state index in [1.807, 2.05) is 0 Å². The lowest BCUT2D eigenvalue weighted by atomic mass is 10.0. The van der Waals surface area contributed by atoms with Gasteiger partial charge in [0, 0.05) is 6.42 Å². The van der Waals surface area contributed by atoms with E-state index in [-0.39, 0.29) is 6.42 Å². The second kappa shape index (κ2) is 7.74. The third-order valence-electron chi connectivity index (χ3n) is 3.17. The summed E-state index contributed by atoms with van der Waals surface area (Å²) in [5, 5.41) is 3.00. The summed E-state index contributed by atoms with van der Waals surface area (Å²) in [5.74, 6) is -0.869. The lowest BCUT2D eigenvalue weighted by molar-refractivity contribution is -0.116. The van der Waals surface area contributed by atoms with Crippen LogP contribution in [0.3, 0.4) is 0 Å². The summed E-state index contributed by atoms with van der Waals surface area (Å²) < 4.78 is 38.5. The average molecular weight is 371 g/mol. The second-order valence-electron chi connectivity index (χ2n) is 5.23. The van der Waals surface area contributed by atoms with E-state index >= 15 is 0 Å².